The van der Waals surface area contributed by atoms with Crippen molar-refractivity contribution in [3.05, 3.63) is 17.9 Å². The van der Waals surface area contributed by atoms with E-state index in [0.717, 1.165) is 13.0 Å². The highest BCUT2D eigenvalue weighted by molar-refractivity contribution is 7.99. The van der Waals surface area contributed by atoms with Crippen molar-refractivity contribution in [2.75, 3.05) is 6.61 Å². The Bertz CT molecular complexity index is 565. The number of halogens is 1. The molecule has 0 N–H and O–H groups in total. The number of rotatable bonds is 3. The third-order valence-electron chi connectivity index (χ3n) is 2.76. The molecule has 3 rings (SSSR count). The largest absolute Gasteiger partial charge is 0.377 e. The molecule has 0 aliphatic carbocycles. The predicted molar refractivity (Wildman–Crippen MR) is 69.4 cm³/mol. The van der Waals surface area contributed by atoms with Crippen molar-refractivity contribution in [1.29, 1.82) is 0 Å². The van der Waals surface area contributed by atoms with Gasteiger partial charge in [0.15, 0.2) is 5.16 Å². The van der Waals surface area contributed by atoms with Crippen LogP contribution in [0.15, 0.2) is 17.8 Å². The van der Waals surface area contributed by atoms with Crippen molar-refractivity contribution in [2.45, 2.75) is 29.9 Å². The van der Waals surface area contributed by atoms with E-state index in [4.69, 9.17) is 16.3 Å². The fourth-order valence-electron chi connectivity index (χ4n) is 1.79. The first-order valence-electron chi connectivity index (χ1n) is 5.77. The molecule has 1 aliphatic rings. The Morgan fingerprint density at radius 2 is 2.32 bits per heavy atom. The summed E-state index contributed by atoms with van der Waals surface area (Å²) in [7, 11) is 0. The molecule has 0 bridgehead atoms. The van der Waals surface area contributed by atoms with Gasteiger partial charge in [-0.15, -0.1) is 0 Å². The summed E-state index contributed by atoms with van der Waals surface area (Å²) in [6.45, 7) is 2.82. The van der Waals surface area contributed by atoms with E-state index in [1.54, 1.807) is 11.8 Å². The Labute approximate surface area is 118 Å². The predicted octanol–water partition coefficient (Wildman–Crippen LogP) is 1.38. The molecule has 100 valence electrons. The van der Waals surface area contributed by atoms with E-state index in [1.165, 1.54) is 17.3 Å². The third kappa shape index (κ3) is 2.85. The fraction of sp³-hybridized carbons (Fsp3) is 0.500. The van der Waals surface area contributed by atoms with Gasteiger partial charge in [0.2, 0.25) is 5.28 Å². The summed E-state index contributed by atoms with van der Waals surface area (Å²) >= 11 is 7.47. The van der Waals surface area contributed by atoms with Crippen LogP contribution < -0.4 is 0 Å². The molecular weight excluding hydrogens is 288 g/mol. The van der Waals surface area contributed by atoms with Crippen LogP contribution in [0.25, 0.3) is 5.95 Å². The van der Waals surface area contributed by atoms with Gasteiger partial charge in [-0.2, -0.15) is 24.7 Å². The molecule has 3 heterocycles. The van der Waals surface area contributed by atoms with Gasteiger partial charge in [-0.1, -0.05) is 11.8 Å². The van der Waals surface area contributed by atoms with Crippen LogP contribution in [0.5, 0.6) is 0 Å². The van der Waals surface area contributed by atoms with Crippen LogP contribution in [0.2, 0.25) is 5.28 Å². The van der Waals surface area contributed by atoms with Crippen molar-refractivity contribution < 1.29 is 4.74 Å². The first-order valence-corrected chi connectivity index (χ1v) is 7.03. The molecule has 2 aromatic heterocycles. The van der Waals surface area contributed by atoms with Gasteiger partial charge < -0.3 is 4.74 Å². The second-order valence-corrected chi connectivity index (χ2v) is 5.59. The van der Waals surface area contributed by atoms with Crippen molar-refractivity contribution >= 4 is 23.4 Å². The van der Waals surface area contributed by atoms with Crippen LogP contribution in [0.1, 0.15) is 13.3 Å². The lowest BCUT2D eigenvalue weighted by molar-refractivity contribution is 0.127. The number of aromatic nitrogens is 6. The van der Waals surface area contributed by atoms with E-state index in [-0.39, 0.29) is 11.4 Å². The molecular formula is C10H11ClN6OS. The van der Waals surface area contributed by atoms with Crippen LogP contribution in [0.4, 0.5) is 0 Å². The minimum absolute atomic E-state index is 0.148. The molecule has 2 unspecified atom stereocenters. The number of ether oxygens (including phenoxy) is 1. The van der Waals surface area contributed by atoms with Crippen LogP contribution in [0.3, 0.4) is 0 Å². The monoisotopic (exact) mass is 298 g/mol. The van der Waals surface area contributed by atoms with Crippen molar-refractivity contribution in [1.82, 2.24) is 29.7 Å². The van der Waals surface area contributed by atoms with E-state index in [9.17, 15) is 0 Å². The second kappa shape index (κ2) is 5.40. The van der Waals surface area contributed by atoms with E-state index >= 15 is 0 Å². The zero-order valence-corrected chi connectivity index (χ0v) is 11.7. The lowest BCUT2D eigenvalue weighted by Gasteiger charge is -2.12. The van der Waals surface area contributed by atoms with Crippen LogP contribution in [0, 0.1) is 0 Å². The lowest BCUT2D eigenvalue weighted by atomic mass is 10.3. The SMILES string of the molecule is CC1OCCC1Sc1nc(Cl)nc(-n2cncn2)n1. The molecule has 2 aromatic rings. The maximum Gasteiger partial charge on any atom is 0.257 e. The van der Waals surface area contributed by atoms with Gasteiger partial charge >= 0.3 is 0 Å². The second-order valence-electron chi connectivity index (χ2n) is 4.05. The molecule has 0 aromatic carbocycles. The highest BCUT2D eigenvalue weighted by Gasteiger charge is 2.26. The smallest absolute Gasteiger partial charge is 0.257 e. The average Bonchev–Trinajstić information content (AvgIpc) is 3.01. The summed E-state index contributed by atoms with van der Waals surface area (Å²) in [6, 6.07) is 0. The van der Waals surface area contributed by atoms with E-state index in [0.29, 0.717) is 16.4 Å². The molecule has 0 saturated carbocycles. The molecule has 9 heteroatoms. The van der Waals surface area contributed by atoms with Crippen LogP contribution >= 0.6 is 23.4 Å². The summed E-state index contributed by atoms with van der Waals surface area (Å²) in [5.74, 6) is 0.367. The van der Waals surface area contributed by atoms with Crippen LogP contribution in [-0.4, -0.2) is 47.7 Å². The minimum atomic E-state index is 0.148. The van der Waals surface area contributed by atoms with Gasteiger partial charge in [-0.05, 0) is 24.9 Å². The summed E-state index contributed by atoms with van der Waals surface area (Å²) < 4.78 is 6.97. The molecule has 19 heavy (non-hydrogen) atoms. The highest BCUT2D eigenvalue weighted by atomic mass is 35.5. The van der Waals surface area contributed by atoms with E-state index in [1.807, 2.05) is 6.92 Å². The third-order valence-corrected chi connectivity index (χ3v) is 4.25. The van der Waals surface area contributed by atoms with Gasteiger partial charge in [0.25, 0.3) is 5.95 Å². The Balaban J connectivity index is 1.85. The fourth-order valence-corrected chi connectivity index (χ4v) is 3.03. The molecule has 2 atom stereocenters. The zero-order chi connectivity index (χ0) is 13.2. The van der Waals surface area contributed by atoms with Crippen LogP contribution in [-0.2, 0) is 4.74 Å². The van der Waals surface area contributed by atoms with Gasteiger partial charge in [-0.25, -0.2) is 4.98 Å². The van der Waals surface area contributed by atoms with Crippen molar-refractivity contribution in [3.8, 4) is 5.95 Å². The van der Waals surface area contributed by atoms with Gasteiger partial charge in [-0.3, -0.25) is 0 Å². The number of thioether (sulfide) groups is 1. The number of hydrogen-bond donors (Lipinski definition) is 0. The molecule has 0 radical (unpaired) electrons. The standard InChI is InChI=1S/C10H11ClN6OS/c1-6-7(2-3-18-6)19-10-15-8(11)14-9(16-10)17-5-12-4-13-17/h4-7H,2-3H2,1H3. The summed E-state index contributed by atoms with van der Waals surface area (Å²) in [6.07, 6.45) is 4.10. The van der Waals surface area contributed by atoms with Crippen molar-refractivity contribution in [3.63, 3.8) is 0 Å². The van der Waals surface area contributed by atoms with Crippen molar-refractivity contribution in [2.24, 2.45) is 0 Å². The Hall–Kier alpha value is -1.25. The molecule has 1 fully saturated rings. The maximum absolute atomic E-state index is 5.92. The first-order chi connectivity index (χ1) is 9.22. The highest BCUT2D eigenvalue weighted by Crippen LogP contribution is 2.30. The minimum Gasteiger partial charge on any atom is -0.377 e. The molecule has 0 amide bonds. The summed E-state index contributed by atoms with van der Waals surface area (Å²) in [5, 5.41) is 5.04. The van der Waals surface area contributed by atoms with Gasteiger partial charge in [0.1, 0.15) is 12.7 Å². The maximum atomic E-state index is 5.92. The van der Waals surface area contributed by atoms with E-state index < -0.39 is 0 Å². The average molecular weight is 299 g/mol. The molecule has 7 nitrogen and oxygen atoms in total. The molecule has 1 saturated heterocycles. The normalized spacial score (nSPS) is 22.8. The summed E-state index contributed by atoms with van der Waals surface area (Å²) in [5.41, 5.74) is 0. The first kappa shape index (κ1) is 12.8. The topological polar surface area (TPSA) is 78.6 Å². The zero-order valence-electron chi connectivity index (χ0n) is 10.1. The Kier molecular flexibility index (Phi) is 3.63. The quantitative estimate of drug-likeness (QED) is 0.847. The van der Waals surface area contributed by atoms with Gasteiger partial charge in [0, 0.05) is 11.9 Å². The number of nitrogens with zero attached hydrogens (tertiary/aromatic N) is 6. The summed E-state index contributed by atoms with van der Waals surface area (Å²) in [4.78, 5) is 16.3. The molecule has 1 aliphatic heterocycles. The Morgan fingerprint density at radius 1 is 1.42 bits per heavy atom. The molecule has 0 spiro atoms. The van der Waals surface area contributed by atoms with E-state index in [2.05, 4.69) is 25.0 Å². The lowest BCUT2D eigenvalue weighted by Crippen LogP contribution is -2.14. The Morgan fingerprint density at radius 3 is 3.00 bits per heavy atom. The van der Waals surface area contributed by atoms with Gasteiger partial charge in [0.05, 0.1) is 6.10 Å². The number of hydrogen-bond acceptors (Lipinski definition) is 7.